The normalized spacial score (nSPS) is 20.8. The largest absolute Gasteiger partial charge is 0.616 e. The van der Waals surface area contributed by atoms with Gasteiger partial charge in [-0.25, -0.2) is 4.98 Å². The SMILES string of the molecule is CNc1nc(Nc2cnn(C3CC[S+]([O-])CC3)c2C)ncc1C(F)(F)F. The molecule has 1 fully saturated rings. The highest BCUT2D eigenvalue weighted by Crippen LogP contribution is 2.34. The van der Waals surface area contributed by atoms with E-state index in [0.29, 0.717) is 17.2 Å². The summed E-state index contributed by atoms with van der Waals surface area (Å²) in [5.74, 6) is 1.06. The molecule has 11 heteroatoms. The van der Waals surface area contributed by atoms with Crippen molar-refractivity contribution in [3.63, 3.8) is 0 Å². The Balaban J connectivity index is 1.79. The minimum Gasteiger partial charge on any atom is -0.616 e. The molecule has 0 amide bonds. The van der Waals surface area contributed by atoms with Crippen molar-refractivity contribution in [3.05, 3.63) is 23.7 Å². The average Bonchev–Trinajstić information content (AvgIpc) is 2.95. The first kappa shape index (κ1) is 18.8. The lowest BCUT2D eigenvalue weighted by molar-refractivity contribution is -0.137. The lowest BCUT2D eigenvalue weighted by Gasteiger charge is -2.25. The molecule has 0 spiro atoms. The van der Waals surface area contributed by atoms with Crippen LogP contribution in [0, 0.1) is 6.92 Å². The summed E-state index contributed by atoms with van der Waals surface area (Å²) in [4.78, 5) is 7.66. The van der Waals surface area contributed by atoms with E-state index in [-0.39, 0.29) is 17.8 Å². The van der Waals surface area contributed by atoms with Crippen LogP contribution < -0.4 is 10.6 Å². The predicted octanol–water partition coefficient (Wildman–Crippen LogP) is 2.87. The first-order valence-electron chi connectivity index (χ1n) is 8.07. The van der Waals surface area contributed by atoms with Crippen LogP contribution in [0.4, 0.5) is 30.6 Å². The third kappa shape index (κ3) is 3.88. The molecule has 0 unspecified atom stereocenters. The monoisotopic (exact) mass is 388 g/mol. The van der Waals surface area contributed by atoms with Crippen LogP contribution in [0.15, 0.2) is 12.4 Å². The molecule has 0 atom stereocenters. The van der Waals surface area contributed by atoms with Gasteiger partial charge in [0.1, 0.15) is 22.9 Å². The van der Waals surface area contributed by atoms with E-state index in [4.69, 9.17) is 0 Å². The molecule has 2 aromatic heterocycles. The van der Waals surface area contributed by atoms with Crippen LogP contribution in [0.25, 0.3) is 0 Å². The summed E-state index contributed by atoms with van der Waals surface area (Å²) < 4.78 is 52.1. The second kappa shape index (κ2) is 7.31. The first-order valence-corrected chi connectivity index (χ1v) is 9.56. The van der Waals surface area contributed by atoms with Crippen LogP contribution in [0.2, 0.25) is 0 Å². The van der Waals surface area contributed by atoms with Crippen LogP contribution in [0.3, 0.4) is 0 Å². The fraction of sp³-hybridized carbons (Fsp3) is 0.533. The van der Waals surface area contributed by atoms with Gasteiger partial charge in [0.05, 0.1) is 23.6 Å². The van der Waals surface area contributed by atoms with Gasteiger partial charge in [-0.1, -0.05) is 11.2 Å². The minimum absolute atomic E-state index is 0.0507. The molecule has 142 valence electrons. The van der Waals surface area contributed by atoms with E-state index in [9.17, 15) is 17.7 Å². The number of nitrogens with zero attached hydrogens (tertiary/aromatic N) is 4. The number of nitrogens with one attached hydrogen (secondary N) is 2. The Morgan fingerprint density at radius 2 is 1.96 bits per heavy atom. The van der Waals surface area contributed by atoms with Crippen molar-refractivity contribution in [2.24, 2.45) is 0 Å². The predicted molar refractivity (Wildman–Crippen MR) is 93.0 cm³/mol. The smallest absolute Gasteiger partial charge is 0.421 e. The van der Waals surface area contributed by atoms with Crippen molar-refractivity contribution in [2.75, 3.05) is 29.2 Å². The van der Waals surface area contributed by atoms with E-state index in [1.165, 1.54) is 7.05 Å². The van der Waals surface area contributed by atoms with E-state index in [0.717, 1.165) is 24.7 Å². The van der Waals surface area contributed by atoms with E-state index >= 15 is 0 Å². The highest BCUT2D eigenvalue weighted by atomic mass is 32.2. The van der Waals surface area contributed by atoms with Gasteiger partial charge in [-0.05, 0) is 6.92 Å². The zero-order chi connectivity index (χ0) is 18.9. The lowest BCUT2D eigenvalue weighted by atomic mass is 10.1. The maximum atomic E-state index is 12.9. The molecule has 3 rings (SSSR count). The molecule has 2 N–H and O–H groups in total. The Labute approximate surface area is 151 Å². The van der Waals surface area contributed by atoms with E-state index in [1.807, 2.05) is 11.6 Å². The summed E-state index contributed by atoms with van der Waals surface area (Å²) in [5.41, 5.74) is 0.531. The highest BCUT2D eigenvalue weighted by Gasteiger charge is 2.35. The van der Waals surface area contributed by atoms with E-state index in [1.54, 1.807) is 6.20 Å². The van der Waals surface area contributed by atoms with Crippen molar-refractivity contribution in [2.45, 2.75) is 32.0 Å². The summed E-state index contributed by atoms with van der Waals surface area (Å²) in [7, 11) is 1.37. The Bertz CT molecular complexity index is 773. The standard InChI is InChI=1S/C15H19F3N6OS/c1-9-12(8-21-24(9)10-3-5-26(25)6-4-10)22-14-20-7-11(15(16,17)18)13(19-2)23-14/h7-8,10H,3-6H2,1-2H3,(H2,19,20,22,23). The Kier molecular flexibility index (Phi) is 5.28. The van der Waals surface area contributed by atoms with Crippen molar-refractivity contribution >= 4 is 28.6 Å². The summed E-state index contributed by atoms with van der Waals surface area (Å²) in [6.07, 6.45) is -0.610. The second-order valence-electron chi connectivity index (χ2n) is 6.00. The number of hydrogen-bond donors (Lipinski definition) is 2. The van der Waals surface area contributed by atoms with Crippen molar-refractivity contribution < 1.29 is 17.7 Å². The summed E-state index contributed by atoms with van der Waals surface area (Å²) in [6.45, 7) is 1.87. The maximum absolute atomic E-state index is 12.9. The van der Waals surface area contributed by atoms with Crippen LogP contribution in [0.5, 0.6) is 0 Å². The van der Waals surface area contributed by atoms with Gasteiger partial charge in [0.15, 0.2) is 0 Å². The third-order valence-corrected chi connectivity index (χ3v) is 5.71. The van der Waals surface area contributed by atoms with Gasteiger partial charge in [-0.2, -0.15) is 23.3 Å². The number of anilines is 3. The number of alkyl halides is 3. The quantitative estimate of drug-likeness (QED) is 0.783. The Morgan fingerprint density at radius 1 is 1.27 bits per heavy atom. The lowest BCUT2D eigenvalue weighted by Crippen LogP contribution is -2.26. The zero-order valence-corrected chi connectivity index (χ0v) is 15.1. The molecule has 7 nitrogen and oxygen atoms in total. The Hall–Kier alpha value is -2.01. The van der Waals surface area contributed by atoms with E-state index in [2.05, 4.69) is 25.7 Å². The highest BCUT2D eigenvalue weighted by molar-refractivity contribution is 7.91. The van der Waals surface area contributed by atoms with Crippen molar-refractivity contribution in [3.8, 4) is 0 Å². The number of hydrogen-bond acceptors (Lipinski definition) is 6. The molecule has 1 aliphatic heterocycles. The molecule has 3 heterocycles. The summed E-state index contributed by atoms with van der Waals surface area (Å²) >= 11 is -0.755. The van der Waals surface area contributed by atoms with Gasteiger partial charge in [-0.3, -0.25) is 4.68 Å². The number of halogens is 3. The van der Waals surface area contributed by atoms with Crippen LogP contribution >= 0.6 is 0 Å². The summed E-state index contributed by atoms with van der Waals surface area (Å²) in [5, 5.41) is 9.73. The molecule has 1 aliphatic rings. The topological polar surface area (TPSA) is 90.7 Å². The van der Waals surface area contributed by atoms with Gasteiger partial charge >= 0.3 is 6.18 Å². The molecule has 0 radical (unpaired) electrons. The molecule has 0 bridgehead atoms. The first-order chi connectivity index (χ1) is 12.3. The number of aromatic nitrogens is 4. The zero-order valence-electron chi connectivity index (χ0n) is 14.3. The average molecular weight is 388 g/mol. The van der Waals surface area contributed by atoms with Crippen LogP contribution in [0.1, 0.15) is 30.1 Å². The molecule has 0 saturated carbocycles. The fourth-order valence-corrected chi connectivity index (χ4v) is 4.17. The second-order valence-corrected chi connectivity index (χ2v) is 7.69. The van der Waals surface area contributed by atoms with Gasteiger partial charge in [0.2, 0.25) is 5.95 Å². The maximum Gasteiger partial charge on any atom is 0.421 e. The summed E-state index contributed by atoms with van der Waals surface area (Å²) in [6, 6.07) is 0.171. The molecule has 1 saturated heterocycles. The molecule has 2 aromatic rings. The van der Waals surface area contributed by atoms with Gasteiger partial charge in [0.25, 0.3) is 0 Å². The number of rotatable bonds is 4. The van der Waals surface area contributed by atoms with Crippen molar-refractivity contribution in [1.29, 1.82) is 0 Å². The van der Waals surface area contributed by atoms with Gasteiger partial charge in [-0.15, -0.1) is 0 Å². The van der Waals surface area contributed by atoms with Gasteiger partial charge in [0, 0.05) is 26.1 Å². The van der Waals surface area contributed by atoms with E-state index < -0.39 is 22.9 Å². The molecule has 26 heavy (non-hydrogen) atoms. The molecular weight excluding hydrogens is 369 g/mol. The van der Waals surface area contributed by atoms with Crippen LogP contribution in [-0.2, 0) is 17.4 Å². The molecule has 0 aromatic carbocycles. The molecule has 0 aliphatic carbocycles. The minimum atomic E-state index is -4.53. The third-order valence-electron chi connectivity index (χ3n) is 4.33. The van der Waals surface area contributed by atoms with Gasteiger partial charge < -0.3 is 15.2 Å². The van der Waals surface area contributed by atoms with Crippen LogP contribution in [-0.4, -0.2) is 42.9 Å². The molecular formula is C15H19F3N6OS. The fourth-order valence-electron chi connectivity index (χ4n) is 2.90. The Morgan fingerprint density at radius 3 is 2.58 bits per heavy atom. The van der Waals surface area contributed by atoms with Crippen molar-refractivity contribution in [1.82, 2.24) is 19.7 Å².